The fraction of sp³-hybridized carbons (Fsp3) is 0.333. The normalized spacial score (nSPS) is 10.0. The van der Waals surface area contributed by atoms with Crippen molar-refractivity contribution in [1.29, 1.82) is 0 Å². The Kier molecular flexibility index (Phi) is 4.56. The number of benzene rings is 1. The van der Waals surface area contributed by atoms with Crippen LogP contribution in [0.15, 0.2) is 35.2 Å². The van der Waals surface area contributed by atoms with E-state index in [2.05, 4.69) is 6.58 Å². The number of hydrogen-bond acceptors (Lipinski definition) is 3. The SMILES string of the molecule is C=C(C)CSc1cc(OCC)ccc1N. The van der Waals surface area contributed by atoms with Crippen LogP contribution in [0.5, 0.6) is 5.75 Å². The van der Waals surface area contributed by atoms with E-state index in [0.29, 0.717) is 6.61 Å². The van der Waals surface area contributed by atoms with Gasteiger partial charge < -0.3 is 10.5 Å². The number of nitrogen functional groups attached to an aromatic ring is 1. The van der Waals surface area contributed by atoms with E-state index in [4.69, 9.17) is 10.5 Å². The molecule has 3 heteroatoms. The summed E-state index contributed by atoms with van der Waals surface area (Å²) in [5.74, 6) is 1.76. The molecule has 0 atom stereocenters. The molecule has 82 valence electrons. The molecule has 1 aromatic carbocycles. The van der Waals surface area contributed by atoms with E-state index in [1.807, 2.05) is 32.0 Å². The van der Waals surface area contributed by atoms with Crippen molar-refractivity contribution >= 4 is 17.4 Å². The Hall–Kier alpha value is -1.09. The Bertz CT molecular complexity index is 349. The second-order valence-corrected chi connectivity index (χ2v) is 4.40. The lowest BCUT2D eigenvalue weighted by Gasteiger charge is -2.08. The van der Waals surface area contributed by atoms with E-state index in [0.717, 1.165) is 27.7 Å². The molecule has 1 aromatic rings. The van der Waals surface area contributed by atoms with Gasteiger partial charge in [0.25, 0.3) is 0 Å². The lowest BCUT2D eigenvalue weighted by Crippen LogP contribution is -1.94. The summed E-state index contributed by atoms with van der Waals surface area (Å²) < 4.78 is 5.42. The van der Waals surface area contributed by atoms with E-state index in [9.17, 15) is 0 Å². The van der Waals surface area contributed by atoms with Crippen molar-refractivity contribution in [2.75, 3.05) is 18.1 Å². The Labute approximate surface area is 95.5 Å². The van der Waals surface area contributed by atoms with E-state index in [1.54, 1.807) is 11.8 Å². The molecule has 0 saturated heterocycles. The maximum atomic E-state index is 5.87. The number of rotatable bonds is 5. The fourth-order valence-corrected chi connectivity index (χ4v) is 1.93. The molecular formula is C12H17NOS. The van der Waals surface area contributed by atoms with Crippen LogP contribution in [-0.2, 0) is 0 Å². The third-order valence-corrected chi connectivity index (χ3v) is 3.07. The summed E-state index contributed by atoms with van der Waals surface area (Å²) in [7, 11) is 0. The second kappa shape index (κ2) is 5.71. The van der Waals surface area contributed by atoms with Gasteiger partial charge in [0, 0.05) is 16.3 Å². The molecule has 0 heterocycles. The van der Waals surface area contributed by atoms with E-state index in [1.165, 1.54) is 0 Å². The minimum atomic E-state index is 0.675. The zero-order valence-electron chi connectivity index (χ0n) is 9.25. The number of thioether (sulfide) groups is 1. The van der Waals surface area contributed by atoms with Gasteiger partial charge in [-0.25, -0.2) is 0 Å². The molecule has 0 unspecified atom stereocenters. The average Bonchev–Trinajstić information content (AvgIpc) is 2.19. The van der Waals surface area contributed by atoms with Crippen LogP contribution in [0.3, 0.4) is 0 Å². The highest BCUT2D eigenvalue weighted by Gasteiger charge is 2.02. The highest BCUT2D eigenvalue weighted by molar-refractivity contribution is 7.99. The summed E-state index contributed by atoms with van der Waals surface area (Å²) in [6.45, 7) is 8.52. The first-order valence-corrected chi connectivity index (χ1v) is 5.91. The number of anilines is 1. The highest BCUT2D eigenvalue weighted by Crippen LogP contribution is 2.30. The first-order chi connectivity index (χ1) is 7.13. The van der Waals surface area contributed by atoms with Gasteiger partial charge in [-0.3, -0.25) is 0 Å². The summed E-state index contributed by atoms with van der Waals surface area (Å²) >= 11 is 1.69. The van der Waals surface area contributed by atoms with Crippen LogP contribution in [0.4, 0.5) is 5.69 Å². The maximum absolute atomic E-state index is 5.87. The molecule has 1 rings (SSSR count). The fourth-order valence-electron chi connectivity index (χ4n) is 1.10. The Morgan fingerprint density at radius 3 is 2.87 bits per heavy atom. The summed E-state index contributed by atoms with van der Waals surface area (Å²) in [6, 6.07) is 5.75. The van der Waals surface area contributed by atoms with Gasteiger partial charge in [-0.05, 0) is 32.0 Å². The summed E-state index contributed by atoms with van der Waals surface area (Å²) in [5.41, 5.74) is 7.80. The number of ether oxygens (including phenoxy) is 1. The molecule has 0 saturated carbocycles. The van der Waals surface area contributed by atoms with Crippen molar-refractivity contribution in [3.05, 3.63) is 30.4 Å². The van der Waals surface area contributed by atoms with Crippen molar-refractivity contribution in [2.45, 2.75) is 18.7 Å². The van der Waals surface area contributed by atoms with Crippen LogP contribution in [0, 0.1) is 0 Å². The third kappa shape index (κ3) is 3.88. The molecule has 0 aromatic heterocycles. The topological polar surface area (TPSA) is 35.2 Å². The van der Waals surface area contributed by atoms with Gasteiger partial charge in [-0.2, -0.15) is 0 Å². The lowest BCUT2D eigenvalue weighted by molar-refractivity contribution is 0.339. The third-order valence-electron chi connectivity index (χ3n) is 1.77. The number of hydrogen-bond donors (Lipinski definition) is 1. The Morgan fingerprint density at radius 1 is 1.53 bits per heavy atom. The Morgan fingerprint density at radius 2 is 2.27 bits per heavy atom. The van der Waals surface area contributed by atoms with Crippen LogP contribution < -0.4 is 10.5 Å². The van der Waals surface area contributed by atoms with Crippen LogP contribution in [0.2, 0.25) is 0 Å². The monoisotopic (exact) mass is 223 g/mol. The number of nitrogens with two attached hydrogens (primary N) is 1. The Balaban J connectivity index is 2.75. The zero-order valence-corrected chi connectivity index (χ0v) is 10.1. The van der Waals surface area contributed by atoms with Gasteiger partial charge in [0.05, 0.1) is 6.61 Å². The van der Waals surface area contributed by atoms with Crippen LogP contribution in [0.25, 0.3) is 0 Å². The largest absolute Gasteiger partial charge is 0.494 e. The molecule has 0 spiro atoms. The van der Waals surface area contributed by atoms with Gasteiger partial charge in [0.15, 0.2) is 0 Å². The van der Waals surface area contributed by atoms with Gasteiger partial charge in [0.1, 0.15) is 5.75 Å². The van der Waals surface area contributed by atoms with Gasteiger partial charge in [0.2, 0.25) is 0 Å². The first kappa shape index (κ1) is 12.0. The van der Waals surface area contributed by atoms with Crippen molar-refractivity contribution in [2.24, 2.45) is 0 Å². The molecule has 0 aliphatic rings. The molecule has 0 radical (unpaired) electrons. The van der Waals surface area contributed by atoms with Crippen LogP contribution in [0.1, 0.15) is 13.8 Å². The summed E-state index contributed by atoms with van der Waals surface area (Å²) in [5, 5.41) is 0. The van der Waals surface area contributed by atoms with Gasteiger partial charge >= 0.3 is 0 Å². The second-order valence-electron chi connectivity index (χ2n) is 3.38. The first-order valence-electron chi connectivity index (χ1n) is 4.93. The molecule has 0 amide bonds. The van der Waals surface area contributed by atoms with Gasteiger partial charge in [-0.1, -0.05) is 12.2 Å². The molecule has 0 aliphatic heterocycles. The standard InChI is InChI=1S/C12H17NOS/c1-4-14-10-5-6-11(13)12(7-10)15-8-9(2)3/h5-7H,2,4,8,13H2,1,3H3. The van der Waals surface area contributed by atoms with E-state index >= 15 is 0 Å². The minimum Gasteiger partial charge on any atom is -0.494 e. The summed E-state index contributed by atoms with van der Waals surface area (Å²) in [6.07, 6.45) is 0. The molecule has 15 heavy (non-hydrogen) atoms. The molecule has 0 fully saturated rings. The predicted molar refractivity (Wildman–Crippen MR) is 67.6 cm³/mol. The van der Waals surface area contributed by atoms with Crippen molar-refractivity contribution < 1.29 is 4.74 Å². The van der Waals surface area contributed by atoms with Crippen molar-refractivity contribution in [3.8, 4) is 5.75 Å². The predicted octanol–water partition coefficient (Wildman–Crippen LogP) is 3.34. The van der Waals surface area contributed by atoms with Crippen LogP contribution >= 0.6 is 11.8 Å². The molecular weight excluding hydrogens is 206 g/mol. The average molecular weight is 223 g/mol. The van der Waals surface area contributed by atoms with E-state index in [-0.39, 0.29) is 0 Å². The molecule has 0 bridgehead atoms. The lowest BCUT2D eigenvalue weighted by atomic mass is 10.3. The smallest absolute Gasteiger partial charge is 0.120 e. The molecule has 2 nitrogen and oxygen atoms in total. The maximum Gasteiger partial charge on any atom is 0.120 e. The zero-order chi connectivity index (χ0) is 11.3. The molecule has 0 aliphatic carbocycles. The molecule has 2 N–H and O–H groups in total. The summed E-state index contributed by atoms with van der Waals surface area (Å²) in [4.78, 5) is 1.06. The van der Waals surface area contributed by atoms with Crippen molar-refractivity contribution in [1.82, 2.24) is 0 Å². The van der Waals surface area contributed by atoms with Crippen LogP contribution in [-0.4, -0.2) is 12.4 Å². The highest BCUT2D eigenvalue weighted by atomic mass is 32.2. The van der Waals surface area contributed by atoms with Crippen molar-refractivity contribution in [3.63, 3.8) is 0 Å². The minimum absolute atomic E-state index is 0.675. The quantitative estimate of drug-likeness (QED) is 0.472. The van der Waals surface area contributed by atoms with E-state index < -0.39 is 0 Å². The van der Waals surface area contributed by atoms with Gasteiger partial charge in [-0.15, -0.1) is 11.8 Å².